The molecule has 0 atom stereocenters. The lowest BCUT2D eigenvalue weighted by atomic mass is 10.1. The highest BCUT2D eigenvalue weighted by Crippen LogP contribution is 2.16. The van der Waals surface area contributed by atoms with E-state index in [1.165, 1.54) is 11.8 Å². The van der Waals surface area contributed by atoms with Gasteiger partial charge in [-0.05, 0) is 37.1 Å². The zero-order chi connectivity index (χ0) is 18.7. The van der Waals surface area contributed by atoms with Crippen molar-refractivity contribution in [2.24, 2.45) is 0 Å². The summed E-state index contributed by atoms with van der Waals surface area (Å²) in [4.78, 5) is 36.2. The normalized spacial score (nSPS) is 14.3. The molecule has 1 aromatic heterocycles. The first-order valence-electron chi connectivity index (χ1n) is 8.65. The lowest BCUT2D eigenvalue weighted by Gasteiger charge is -2.34. The van der Waals surface area contributed by atoms with Crippen molar-refractivity contribution in [2.45, 2.75) is 20.8 Å². The first kappa shape index (κ1) is 17.8. The molecule has 7 nitrogen and oxygen atoms in total. The first-order valence-corrected chi connectivity index (χ1v) is 8.65. The minimum atomic E-state index is -0.284. The van der Waals surface area contributed by atoms with Crippen molar-refractivity contribution < 1.29 is 9.59 Å². The fraction of sp³-hybridized carbons (Fsp3) is 0.368. The molecule has 136 valence electrons. The van der Waals surface area contributed by atoms with E-state index < -0.39 is 0 Å². The van der Waals surface area contributed by atoms with E-state index in [1.54, 1.807) is 13.1 Å². The fourth-order valence-electron chi connectivity index (χ4n) is 2.87. The van der Waals surface area contributed by atoms with E-state index in [4.69, 9.17) is 0 Å². The van der Waals surface area contributed by atoms with E-state index >= 15 is 0 Å². The third-order valence-corrected chi connectivity index (χ3v) is 4.68. The van der Waals surface area contributed by atoms with Gasteiger partial charge in [0.05, 0.1) is 12.4 Å². The van der Waals surface area contributed by atoms with Crippen LogP contribution in [0.25, 0.3) is 0 Å². The van der Waals surface area contributed by atoms with Crippen LogP contribution in [0.4, 0.5) is 11.5 Å². The number of amides is 2. The third-order valence-electron chi connectivity index (χ3n) is 4.68. The number of rotatable bonds is 3. The molecule has 2 aromatic rings. The van der Waals surface area contributed by atoms with Gasteiger partial charge in [-0.15, -0.1) is 0 Å². The van der Waals surface area contributed by atoms with Gasteiger partial charge in [-0.3, -0.25) is 9.59 Å². The van der Waals surface area contributed by atoms with Crippen molar-refractivity contribution in [3.8, 4) is 0 Å². The van der Waals surface area contributed by atoms with Gasteiger partial charge in [0.25, 0.3) is 5.91 Å². The van der Waals surface area contributed by atoms with E-state index in [0.29, 0.717) is 26.2 Å². The number of carbonyl (C=O) groups excluding carboxylic acids is 2. The molecule has 3 rings (SSSR count). The monoisotopic (exact) mass is 353 g/mol. The zero-order valence-corrected chi connectivity index (χ0v) is 15.3. The Hall–Kier alpha value is -2.96. The second-order valence-corrected chi connectivity index (χ2v) is 6.51. The summed E-state index contributed by atoms with van der Waals surface area (Å²) < 4.78 is 0. The Morgan fingerprint density at radius 1 is 1.00 bits per heavy atom. The summed E-state index contributed by atoms with van der Waals surface area (Å²) in [6, 6.07) is 5.78. The predicted octanol–water partition coefficient (Wildman–Crippen LogP) is 2.01. The number of benzene rings is 1. The highest BCUT2D eigenvalue weighted by molar-refractivity contribution is 6.02. The van der Waals surface area contributed by atoms with E-state index in [0.717, 1.165) is 17.1 Å². The molecule has 0 aliphatic carbocycles. The molecule has 1 fully saturated rings. The van der Waals surface area contributed by atoms with Crippen LogP contribution in [-0.2, 0) is 4.79 Å². The molecule has 0 unspecified atom stereocenters. The molecule has 2 heterocycles. The summed E-state index contributed by atoms with van der Waals surface area (Å²) in [6.07, 6.45) is 3.10. The summed E-state index contributed by atoms with van der Waals surface area (Å²) in [5.74, 6) is 0.527. The van der Waals surface area contributed by atoms with Crippen molar-refractivity contribution in [2.75, 3.05) is 36.4 Å². The summed E-state index contributed by atoms with van der Waals surface area (Å²) in [5.41, 5.74) is 3.31. The van der Waals surface area contributed by atoms with Crippen LogP contribution < -0.4 is 10.2 Å². The molecule has 7 heteroatoms. The topological polar surface area (TPSA) is 78.4 Å². The van der Waals surface area contributed by atoms with Crippen LogP contribution >= 0.6 is 0 Å². The zero-order valence-electron chi connectivity index (χ0n) is 15.3. The fourth-order valence-corrected chi connectivity index (χ4v) is 2.87. The van der Waals surface area contributed by atoms with Crippen LogP contribution in [0.5, 0.6) is 0 Å². The standard InChI is InChI=1S/C19H23N5O2/c1-13-4-5-16(10-14(13)2)22-19(26)17-11-21-18(12-20-17)24-8-6-23(7-9-24)15(3)25/h4-5,10-12H,6-9H2,1-3H3,(H,22,26). The summed E-state index contributed by atoms with van der Waals surface area (Å²) in [7, 11) is 0. The molecular formula is C19H23N5O2. The quantitative estimate of drug-likeness (QED) is 0.913. The lowest BCUT2D eigenvalue weighted by molar-refractivity contribution is -0.129. The number of hydrogen-bond acceptors (Lipinski definition) is 5. The molecule has 1 aromatic carbocycles. The van der Waals surface area contributed by atoms with Crippen LogP contribution in [0.15, 0.2) is 30.6 Å². The maximum absolute atomic E-state index is 12.3. The van der Waals surface area contributed by atoms with Gasteiger partial charge in [0.15, 0.2) is 0 Å². The van der Waals surface area contributed by atoms with Gasteiger partial charge >= 0.3 is 0 Å². The average Bonchev–Trinajstić information content (AvgIpc) is 2.65. The number of piperazine rings is 1. The largest absolute Gasteiger partial charge is 0.352 e. The third kappa shape index (κ3) is 3.99. The molecule has 0 radical (unpaired) electrons. The smallest absolute Gasteiger partial charge is 0.275 e. The number of nitrogens with zero attached hydrogens (tertiary/aromatic N) is 4. The highest BCUT2D eigenvalue weighted by Gasteiger charge is 2.20. The number of aromatic nitrogens is 2. The van der Waals surface area contributed by atoms with E-state index in [-0.39, 0.29) is 17.5 Å². The lowest BCUT2D eigenvalue weighted by Crippen LogP contribution is -2.48. The van der Waals surface area contributed by atoms with Crippen LogP contribution in [0.2, 0.25) is 0 Å². The second-order valence-electron chi connectivity index (χ2n) is 6.51. The van der Waals surface area contributed by atoms with Gasteiger partial charge < -0.3 is 15.1 Å². The van der Waals surface area contributed by atoms with Crippen molar-refractivity contribution in [3.05, 3.63) is 47.4 Å². The highest BCUT2D eigenvalue weighted by atomic mass is 16.2. The Bertz CT molecular complexity index is 811. The summed E-state index contributed by atoms with van der Waals surface area (Å²) >= 11 is 0. The van der Waals surface area contributed by atoms with Crippen LogP contribution in [0, 0.1) is 13.8 Å². The van der Waals surface area contributed by atoms with Gasteiger partial charge in [0.2, 0.25) is 5.91 Å². The van der Waals surface area contributed by atoms with Crippen LogP contribution in [0.3, 0.4) is 0 Å². The van der Waals surface area contributed by atoms with Crippen LogP contribution in [-0.4, -0.2) is 52.9 Å². The molecule has 1 N–H and O–H groups in total. The Morgan fingerprint density at radius 2 is 1.73 bits per heavy atom. The Kier molecular flexibility index (Phi) is 5.16. The SMILES string of the molecule is CC(=O)N1CCN(c2cnc(C(=O)Nc3ccc(C)c(C)c3)cn2)CC1. The Labute approximate surface area is 153 Å². The number of anilines is 2. The van der Waals surface area contributed by atoms with Gasteiger partial charge in [-0.2, -0.15) is 0 Å². The molecule has 1 aliphatic heterocycles. The van der Waals surface area contributed by atoms with Crippen molar-refractivity contribution >= 4 is 23.3 Å². The molecule has 1 saturated heterocycles. The van der Waals surface area contributed by atoms with Gasteiger partial charge in [-0.1, -0.05) is 6.07 Å². The van der Waals surface area contributed by atoms with Crippen molar-refractivity contribution in [3.63, 3.8) is 0 Å². The maximum atomic E-state index is 12.3. The van der Waals surface area contributed by atoms with E-state index in [9.17, 15) is 9.59 Å². The number of hydrogen-bond donors (Lipinski definition) is 1. The minimum Gasteiger partial charge on any atom is -0.352 e. The average molecular weight is 353 g/mol. The molecule has 1 aliphatic rings. The Morgan fingerprint density at radius 3 is 2.31 bits per heavy atom. The van der Waals surface area contributed by atoms with E-state index in [1.807, 2.05) is 36.9 Å². The predicted molar refractivity (Wildman–Crippen MR) is 100 cm³/mol. The molecule has 0 saturated carbocycles. The summed E-state index contributed by atoms with van der Waals surface area (Å²) in [6.45, 7) is 8.38. The molecule has 0 spiro atoms. The van der Waals surface area contributed by atoms with Gasteiger partial charge in [0.1, 0.15) is 11.5 Å². The van der Waals surface area contributed by atoms with Gasteiger partial charge in [-0.25, -0.2) is 9.97 Å². The minimum absolute atomic E-state index is 0.0918. The van der Waals surface area contributed by atoms with Crippen LogP contribution in [0.1, 0.15) is 28.5 Å². The Balaban J connectivity index is 1.63. The second kappa shape index (κ2) is 7.51. The number of carbonyl (C=O) groups is 2. The van der Waals surface area contributed by atoms with Gasteiger partial charge in [0, 0.05) is 38.8 Å². The molecule has 26 heavy (non-hydrogen) atoms. The van der Waals surface area contributed by atoms with Crippen molar-refractivity contribution in [1.82, 2.24) is 14.9 Å². The molecular weight excluding hydrogens is 330 g/mol. The number of nitrogens with one attached hydrogen (secondary N) is 1. The molecule has 2 amide bonds. The summed E-state index contributed by atoms with van der Waals surface area (Å²) in [5, 5.41) is 2.84. The van der Waals surface area contributed by atoms with Crippen molar-refractivity contribution in [1.29, 1.82) is 0 Å². The first-order chi connectivity index (χ1) is 12.4. The van der Waals surface area contributed by atoms with E-state index in [2.05, 4.69) is 20.2 Å². The number of aryl methyl sites for hydroxylation is 2. The molecule has 0 bridgehead atoms. The maximum Gasteiger partial charge on any atom is 0.275 e.